The van der Waals surface area contributed by atoms with E-state index in [2.05, 4.69) is 11.8 Å². The Morgan fingerprint density at radius 1 is 1.12 bits per heavy atom. The molecule has 16 heavy (non-hydrogen) atoms. The van der Waals surface area contributed by atoms with Crippen LogP contribution in [0, 0.1) is 0 Å². The third-order valence-electron chi connectivity index (χ3n) is 2.82. The number of nitrogens with zero attached hydrogens (tertiary/aromatic N) is 1. The average Bonchev–Trinajstić information content (AvgIpc) is 2.28. The fraction of sp³-hybridized carbons (Fsp3) is 0.538. The fourth-order valence-corrected chi connectivity index (χ4v) is 1.76. The highest BCUT2D eigenvalue weighted by atomic mass is 16.3. The molecule has 0 spiro atoms. The van der Waals surface area contributed by atoms with Crippen LogP contribution >= 0.6 is 0 Å². The number of aryl methyl sites for hydroxylation is 1. The quantitative estimate of drug-likeness (QED) is 0.754. The van der Waals surface area contributed by atoms with Gasteiger partial charge in [0, 0.05) is 25.3 Å². The summed E-state index contributed by atoms with van der Waals surface area (Å²) in [6.45, 7) is 5.17. The second kappa shape index (κ2) is 5.64. The Balaban J connectivity index is 2.96. The van der Waals surface area contributed by atoms with Gasteiger partial charge in [0.15, 0.2) is 11.5 Å². The lowest BCUT2D eigenvalue weighted by molar-refractivity contribution is 0.403. The van der Waals surface area contributed by atoms with Crippen LogP contribution in [0.4, 0.5) is 5.69 Å². The van der Waals surface area contributed by atoms with Crippen molar-refractivity contribution in [2.24, 2.45) is 0 Å². The number of hydrogen-bond acceptors (Lipinski definition) is 3. The SMILES string of the molecule is CCCCN(C)c1cc(O)c(O)cc1CC. The van der Waals surface area contributed by atoms with Crippen LogP contribution in [-0.2, 0) is 6.42 Å². The first-order valence-electron chi connectivity index (χ1n) is 5.86. The summed E-state index contributed by atoms with van der Waals surface area (Å²) in [6.07, 6.45) is 3.12. The topological polar surface area (TPSA) is 43.7 Å². The number of phenolic OH excluding ortho intramolecular Hbond substituents is 2. The standard InChI is InChI=1S/C13H21NO2/c1-4-6-7-14(3)11-9-13(16)12(15)8-10(11)5-2/h8-9,15-16H,4-7H2,1-3H3. The van der Waals surface area contributed by atoms with Gasteiger partial charge in [0.1, 0.15) is 0 Å². The minimum atomic E-state index is -0.0458. The molecule has 0 atom stereocenters. The van der Waals surface area contributed by atoms with E-state index in [0.717, 1.165) is 37.1 Å². The van der Waals surface area contributed by atoms with Gasteiger partial charge in [-0.25, -0.2) is 0 Å². The van der Waals surface area contributed by atoms with E-state index < -0.39 is 0 Å². The van der Waals surface area contributed by atoms with Crippen LogP contribution in [0.25, 0.3) is 0 Å². The number of benzene rings is 1. The summed E-state index contributed by atoms with van der Waals surface area (Å²) in [6, 6.07) is 3.29. The molecule has 2 N–H and O–H groups in total. The molecule has 1 rings (SSSR count). The van der Waals surface area contributed by atoms with Gasteiger partial charge in [-0.3, -0.25) is 0 Å². The van der Waals surface area contributed by atoms with Crippen LogP contribution in [0.5, 0.6) is 11.5 Å². The van der Waals surface area contributed by atoms with Gasteiger partial charge in [-0.05, 0) is 24.5 Å². The van der Waals surface area contributed by atoms with Crippen LogP contribution in [0.1, 0.15) is 32.3 Å². The van der Waals surface area contributed by atoms with Gasteiger partial charge in [-0.2, -0.15) is 0 Å². The van der Waals surface area contributed by atoms with E-state index in [9.17, 15) is 10.2 Å². The molecule has 3 nitrogen and oxygen atoms in total. The number of anilines is 1. The summed E-state index contributed by atoms with van der Waals surface area (Å²) in [5.74, 6) is -0.0833. The summed E-state index contributed by atoms with van der Waals surface area (Å²) in [5.41, 5.74) is 2.07. The number of rotatable bonds is 5. The molecule has 0 aromatic heterocycles. The zero-order chi connectivity index (χ0) is 12.1. The fourth-order valence-electron chi connectivity index (χ4n) is 1.76. The zero-order valence-corrected chi connectivity index (χ0v) is 10.3. The molecule has 0 radical (unpaired) electrons. The lowest BCUT2D eigenvalue weighted by atomic mass is 10.1. The molecule has 1 aromatic rings. The van der Waals surface area contributed by atoms with Gasteiger partial charge in [0.05, 0.1) is 0 Å². The monoisotopic (exact) mass is 223 g/mol. The molecule has 0 bridgehead atoms. The smallest absolute Gasteiger partial charge is 0.159 e. The predicted molar refractivity (Wildman–Crippen MR) is 67.3 cm³/mol. The predicted octanol–water partition coefficient (Wildman–Crippen LogP) is 2.90. The summed E-state index contributed by atoms with van der Waals surface area (Å²) >= 11 is 0. The molecule has 0 heterocycles. The first kappa shape index (κ1) is 12.7. The highest BCUT2D eigenvalue weighted by Crippen LogP contribution is 2.33. The average molecular weight is 223 g/mol. The Hall–Kier alpha value is -1.38. The van der Waals surface area contributed by atoms with E-state index >= 15 is 0 Å². The minimum Gasteiger partial charge on any atom is -0.504 e. The molecule has 0 aliphatic heterocycles. The first-order valence-corrected chi connectivity index (χ1v) is 5.86. The summed E-state index contributed by atoms with van der Waals surface area (Å²) < 4.78 is 0. The van der Waals surface area contributed by atoms with Crippen molar-refractivity contribution in [3.63, 3.8) is 0 Å². The van der Waals surface area contributed by atoms with Gasteiger partial charge in [0.2, 0.25) is 0 Å². The van der Waals surface area contributed by atoms with Crippen molar-refractivity contribution in [1.29, 1.82) is 0 Å². The van der Waals surface area contributed by atoms with Gasteiger partial charge in [0.25, 0.3) is 0 Å². The van der Waals surface area contributed by atoms with E-state index in [1.165, 1.54) is 0 Å². The third kappa shape index (κ3) is 2.81. The molecule has 0 saturated carbocycles. The zero-order valence-electron chi connectivity index (χ0n) is 10.3. The van der Waals surface area contributed by atoms with Crippen LogP contribution in [-0.4, -0.2) is 23.8 Å². The van der Waals surface area contributed by atoms with Crippen molar-refractivity contribution in [2.45, 2.75) is 33.1 Å². The Labute approximate surface area is 97.3 Å². The van der Waals surface area contributed by atoms with Crippen molar-refractivity contribution in [1.82, 2.24) is 0 Å². The molecular weight excluding hydrogens is 202 g/mol. The van der Waals surface area contributed by atoms with Crippen molar-refractivity contribution in [2.75, 3.05) is 18.5 Å². The normalized spacial score (nSPS) is 10.4. The molecule has 1 aromatic carbocycles. The van der Waals surface area contributed by atoms with E-state index in [1.54, 1.807) is 12.1 Å². The number of unbranched alkanes of at least 4 members (excludes halogenated alkanes) is 1. The highest BCUT2D eigenvalue weighted by molar-refractivity contribution is 5.61. The van der Waals surface area contributed by atoms with Crippen molar-refractivity contribution < 1.29 is 10.2 Å². The van der Waals surface area contributed by atoms with Gasteiger partial charge in [-0.15, -0.1) is 0 Å². The molecule has 0 aliphatic rings. The second-order valence-electron chi connectivity index (χ2n) is 4.10. The molecule has 0 saturated heterocycles. The molecule has 0 fully saturated rings. The van der Waals surface area contributed by atoms with Crippen molar-refractivity contribution in [3.8, 4) is 11.5 Å². The van der Waals surface area contributed by atoms with Crippen molar-refractivity contribution >= 4 is 5.69 Å². The van der Waals surface area contributed by atoms with E-state index in [4.69, 9.17) is 0 Å². The molecule has 3 heteroatoms. The van der Waals surface area contributed by atoms with E-state index in [0.29, 0.717) is 0 Å². The van der Waals surface area contributed by atoms with Gasteiger partial charge < -0.3 is 15.1 Å². The van der Waals surface area contributed by atoms with Crippen molar-refractivity contribution in [3.05, 3.63) is 17.7 Å². The molecule has 90 valence electrons. The molecular formula is C13H21NO2. The number of aromatic hydroxyl groups is 2. The Morgan fingerprint density at radius 3 is 2.31 bits per heavy atom. The third-order valence-corrected chi connectivity index (χ3v) is 2.82. The minimum absolute atomic E-state index is 0.0375. The van der Waals surface area contributed by atoms with E-state index in [1.807, 2.05) is 14.0 Å². The lowest BCUT2D eigenvalue weighted by Gasteiger charge is -2.22. The Bertz CT molecular complexity index is 350. The molecule has 0 aliphatic carbocycles. The maximum atomic E-state index is 9.52. The summed E-state index contributed by atoms with van der Waals surface area (Å²) in [7, 11) is 2.01. The molecule has 0 amide bonds. The van der Waals surface area contributed by atoms with Gasteiger partial charge in [-0.1, -0.05) is 20.3 Å². The van der Waals surface area contributed by atoms with Crippen LogP contribution < -0.4 is 4.90 Å². The maximum Gasteiger partial charge on any atom is 0.159 e. The second-order valence-corrected chi connectivity index (χ2v) is 4.10. The Morgan fingerprint density at radius 2 is 1.75 bits per heavy atom. The summed E-state index contributed by atoms with van der Waals surface area (Å²) in [5, 5.41) is 19.0. The van der Waals surface area contributed by atoms with Crippen LogP contribution in [0.3, 0.4) is 0 Å². The Kier molecular flexibility index (Phi) is 4.47. The van der Waals surface area contributed by atoms with E-state index in [-0.39, 0.29) is 11.5 Å². The largest absolute Gasteiger partial charge is 0.504 e. The maximum absolute atomic E-state index is 9.52. The van der Waals surface area contributed by atoms with Crippen LogP contribution in [0.15, 0.2) is 12.1 Å². The first-order chi connectivity index (χ1) is 7.60. The molecule has 0 unspecified atom stereocenters. The summed E-state index contributed by atoms with van der Waals surface area (Å²) in [4.78, 5) is 2.13. The number of phenols is 2. The van der Waals surface area contributed by atoms with Gasteiger partial charge >= 0.3 is 0 Å². The lowest BCUT2D eigenvalue weighted by Crippen LogP contribution is -2.19. The van der Waals surface area contributed by atoms with Crippen LogP contribution in [0.2, 0.25) is 0 Å². The number of hydrogen-bond donors (Lipinski definition) is 2. The highest BCUT2D eigenvalue weighted by Gasteiger charge is 2.10.